The van der Waals surface area contributed by atoms with Crippen molar-refractivity contribution in [3.63, 3.8) is 0 Å². The van der Waals surface area contributed by atoms with Gasteiger partial charge in [0.15, 0.2) is 6.61 Å². The molecule has 0 saturated carbocycles. The highest BCUT2D eigenvalue weighted by Gasteiger charge is 2.41. The summed E-state index contributed by atoms with van der Waals surface area (Å²) in [7, 11) is -4.33. The molecule has 0 radical (unpaired) electrons. The van der Waals surface area contributed by atoms with Crippen LogP contribution in [0.15, 0.2) is 24.3 Å². The van der Waals surface area contributed by atoms with Gasteiger partial charge in [0.25, 0.3) is 0 Å². The minimum absolute atomic E-state index is 0.265. The lowest BCUT2D eigenvalue weighted by atomic mass is 10.1. The lowest BCUT2D eigenvalue weighted by molar-refractivity contribution is -0.543. The highest BCUT2D eigenvalue weighted by Crippen LogP contribution is 2.31. The normalized spacial score (nSPS) is 23.9. The molecule has 110 valence electrons. The highest BCUT2D eigenvalue weighted by molar-refractivity contribution is 6.50. The van der Waals surface area contributed by atoms with Crippen LogP contribution in [0.25, 0.3) is 0 Å². The smallest absolute Gasteiger partial charge is 0.450 e. The fourth-order valence-electron chi connectivity index (χ4n) is 2.40. The van der Waals surface area contributed by atoms with Gasteiger partial charge in [-0.2, -0.15) is 0 Å². The third-order valence-electron chi connectivity index (χ3n) is 3.17. The number of fused-ring (bicyclic) bond motifs is 3. The molecule has 1 aliphatic heterocycles. The molecule has 2 aliphatic rings. The molecule has 8 heteroatoms. The van der Waals surface area contributed by atoms with E-state index in [4.69, 9.17) is 9.47 Å². The van der Waals surface area contributed by atoms with E-state index >= 15 is 0 Å². The van der Waals surface area contributed by atoms with Gasteiger partial charge in [-0.1, -0.05) is 24.3 Å². The van der Waals surface area contributed by atoms with Crippen LogP contribution in [0.1, 0.15) is 17.2 Å². The summed E-state index contributed by atoms with van der Waals surface area (Å²) in [5, 5.41) is 0. The van der Waals surface area contributed by atoms with Crippen molar-refractivity contribution in [2.75, 3.05) is 13.7 Å². The Labute approximate surface area is 113 Å². The molecule has 1 aliphatic carbocycles. The van der Waals surface area contributed by atoms with E-state index in [1.54, 1.807) is 7.11 Å². The average molecular weight is 291 g/mol. The Morgan fingerprint density at radius 2 is 1.90 bits per heavy atom. The van der Waals surface area contributed by atoms with Crippen molar-refractivity contribution in [3.8, 4) is 0 Å². The van der Waals surface area contributed by atoms with Crippen LogP contribution < -0.4 is 4.99 Å². The third kappa shape index (κ3) is 3.72. The Morgan fingerprint density at radius 1 is 1.25 bits per heavy atom. The summed E-state index contributed by atoms with van der Waals surface area (Å²) in [5.74, 6) is 0.827. The van der Waals surface area contributed by atoms with Crippen molar-refractivity contribution < 1.29 is 31.7 Å². The van der Waals surface area contributed by atoms with Gasteiger partial charge >= 0.3 is 13.2 Å². The van der Waals surface area contributed by atoms with E-state index < -0.39 is 7.25 Å². The number of nitrogens with one attached hydrogen (secondary N) is 1. The molecule has 3 nitrogen and oxygen atoms in total. The lowest BCUT2D eigenvalue weighted by Gasteiger charge is -2.18. The molecule has 0 saturated heterocycles. The van der Waals surface area contributed by atoms with Crippen LogP contribution >= 0.6 is 0 Å². The standard InChI is InChI=1S/C12H13NO2.BF4/c1-14-11-7-15-10-6-8-4-2-3-5-9(8)12(10)13-11;2-1(3,4)5/h2-5,10,12H,6-7H2,1H3;/q;-1/p+1. The maximum absolute atomic E-state index is 9.75. The van der Waals surface area contributed by atoms with Gasteiger partial charge in [-0.05, 0) is 5.56 Å². The molecule has 1 aromatic rings. The molecular weight excluding hydrogens is 277 g/mol. The van der Waals surface area contributed by atoms with Crippen molar-refractivity contribution >= 4 is 13.2 Å². The van der Waals surface area contributed by atoms with E-state index in [1.807, 2.05) is 0 Å². The van der Waals surface area contributed by atoms with Crippen molar-refractivity contribution in [1.29, 1.82) is 0 Å². The SMILES string of the molecule is COC1=[NH+]C2c3ccccc3CC2OC1.F[B-](F)(F)F. The minimum atomic E-state index is -6.00. The topological polar surface area (TPSA) is 32.4 Å². The Bertz CT molecular complexity index is 500. The zero-order valence-electron chi connectivity index (χ0n) is 10.8. The average Bonchev–Trinajstić information content (AvgIpc) is 2.74. The van der Waals surface area contributed by atoms with Crippen LogP contribution in [0.5, 0.6) is 0 Å². The number of ether oxygens (including phenoxy) is 2. The summed E-state index contributed by atoms with van der Waals surface area (Å²) >= 11 is 0. The lowest BCUT2D eigenvalue weighted by Crippen LogP contribution is -2.80. The zero-order valence-corrected chi connectivity index (χ0v) is 10.8. The summed E-state index contributed by atoms with van der Waals surface area (Å²) in [6.45, 7) is 0.561. The number of hydrogen-bond donors (Lipinski definition) is 1. The first kappa shape index (κ1) is 14.8. The van der Waals surface area contributed by atoms with Gasteiger partial charge in [0.2, 0.25) is 6.04 Å². The van der Waals surface area contributed by atoms with Crippen molar-refractivity contribution in [3.05, 3.63) is 35.4 Å². The Balaban J connectivity index is 0.000000257. The molecular formula is C12H14BF4NO2. The maximum atomic E-state index is 9.75. The van der Waals surface area contributed by atoms with Crippen LogP contribution in [-0.2, 0) is 15.9 Å². The van der Waals surface area contributed by atoms with Crippen LogP contribution in [0, 0.1) is 0 Å². The highest BCUT2D eigenvalue weighted by atomic mass is 19.5. The first-order valence-electron chi connectivity index (χ1n) is 6.11. The summed E-state index contributed by atoms with van der Waals surface area (Å²) in [6, 6.07) is 8.76. The van der Waals surface area contributed by atoms with Gasteiger partial charge in [-0.3, -0.25) is 0 Å². The predicted octanol–water partition coefficient (Wildman–Crippen LogP) is 1.11. The molecule has 3 rings (SSSR count). The second kappa shape index (κ2) is 5.82. The molecule has 0 amide bonds. The van der Waals surface area contributed by atoms with Gasteiger partial charge in [0.05, 0.1) is 7.11 Å². The maximum Gasteiger partial charge on any atom is 0.673 e. The zero-order chi connectivity index (χ0) is 14.8. The van der Waals surface area contributed by atoms with Crippen LogP contribution in [-0.4, -0.2) is 33.0 Å². The van der Waals surface area contributed by atoms with Crippen LogP contribution in [0.3, 0.4) is 0 Å². The second-order valence-corrected chi connectivity index (χ2v) is 4.50. The van der Waals surface area contributed by atoms with Crippen molar-refractivity contribution in [2.45, 2.75) is 18.6 Å². The molecule has 20 heavy (non-hydrogen) atoms. The molecule has 0 spiro atoms. The first-order chi connectivity index (χ1) is 9.38. The molecule has 1 heterocycles. The largest absolute Gasteiger partial charge is 0.673 e. The van der Waals surface area contributed by atoms with E-state index in [0.717, 1.165) is 12.3 Å². The van der Waals surface area contributed by atoms with Crippen LogP contribution in [0.2, 0.25) is 0 Å². The van der Waals surface area contributed by atoms with E-state index in [0.29, 0.717) is 6.61 Å². The number of methoxy groups -OCH3 is 1. The quantitative estimate of drug-likeness (QED) is 0.573. The summed E-state index contributed by atoms with van der Waals surface area (Å²) in [4.78, 5) is 3.39. The molecule has 0 aromatic heterocycles. The van der Waals surface area contributed by atoms with E-state index in [9.17, 15) is 17.3 Å². The summed E-state index contributed by atoms with van der Waals surface area (Å²) in [5.41, 5.74) is 2.73. The van der Waals surface area contributed by atoms with E-state index in [2.05, 4.69) is 29.3 Å². The monoisotopic (exact) mass is 291 g/mol. The third-order valence-corrected chi connectivity index (χ3v) is 3.17. The molecule has 1 aromatic carbocycles. The Kier molecular flexibility index (Phi) is 4.32. The fraction of sp³-hybridized carbons (Fsp3) is 0.417. The molecule has 2 atom stereocenters. The number of halogens is 4. The van der Waals surface area contributed by atoms with E-state index in [1.165, 1.54) is 11.1 Å². The molecule has 2 unspecified atom stereocenters. The minimum Gasteiger partial charge on any atom is -0.450 e. The van der Waals surface area contributed by atoms with Gasteiger partial charge in [-0.15, -0.1) is 0 Å². The Morgan fingerprint density at radius 3 is 2.55 bits per heavy atom. The summed E-state index contributed by atoms with van der Waals surface area (Å²) in [6.07, 6.45) is 1.27. The van der Waals surface area contributed by atoms with E-state index in [-0.39, 0.29) is 12.1 Å². The number of rotatable bonds is 0. The van der Waals surface area contributed by atoms with Gasteiger partial charge < -0.3 is 26.7 Å². The first-order valence-corrected chi connectivity index (χ1v) is 6.11. The van der Waals surface area contributed by atoms with Gasteiger partial charge in [0, 0.05) is 12.0 Å². The van der Waals surface area contributed by atoms with Gasteiger partial charge in [-0.25, -0.2) is 4.99 Å². The van der Waals surface area contributed by atoms with Crippen molar-refractivity contribution in [2.24, 2.45) is 0 Å². The van der Waals surface area contributed by atoms with Gasteiger partial charge in [0.1, 0.15) is 6.10 Å². The number of benzene rings is 1. The molecule has 0 fully saturated rings. The summed E-state index contributed by atoms with van der Waals surface area (Å²) < 4.78 is 50.0. The number of hydrogen-bond acceptors (Lipinski definition) is 2. The van der Waals surface area contributed by atoms with Crippen molar-refractivity contribution in [1.82, 2.24) is 0 Å². The van der Waals surface area contributed by atoms with Crippen LogP contribution in [0.4, 0.5) is 17.3 Å². The Hall–Kier alpha value is -1.57. The molecule has 1 N–H and O–H groups in total. The second-order valence-electron chi connectivity index (χ2n) is 4.50. The predicted molar refractivity (Wildman–Crippen MR) is 65.8 cm³/mol. The molecule has 0 bridgehead atoms. The fourth-order valence-corrected chi connectivity index (χ4v) is 2.40.